The SMILES string of the molecule is Cc1ccc(C)c2c1CC[C@@H]1C(=O)c3ccc(Br)cc3[C@H]21. The summed E-state index contributed by atoms with van der Waals surface area (Å²) in [6.07, 6.45) is 2.01. The van der Waals surface area contributed by atoms with Gasteiger partial charge in [-0.25, -0.2) is 0 Å². The summed E-state index contributed by atoms with van der Waals surface area (Å²) < 4.78 is 1.06. The third-order valence-corrected chi connectivity index (χ3v) is 5.67. The van der Waals surface area contributed by atoms with Gasteiger partial charge in [-0.2, -0.15) is 0 Å². The Labute approximate surface area is 133 Å². The molecule has 0 amide bonds. The van der Waals surface area contributed by atoms with Gasteiger partial charge in [0.2, 0.25) is 0 Å². The molecular formula is C19H17BrO. The van der Waals surface area contributed by atoms with Crippen molar-refractivity contribution in [3.63, 3.8) is 0 Å². The molecule has 0 N–H and O–H groups in total. The van der Waals surface area contributed by atoms with Crippen molar-refractivity contribution in [1.82, 2.24) is 0 Å². The number of benzene rings is 2. The minimum Gasteiger partial charge on any atom is -0.294 e. The molecule has 0 bridgehead atoms. The summed E-state index contributed by atoms with van der Waals surface area (Å²) in [7, 11) is 0. The molecule has 0 aliphatic heterocycles. The average Bonchev–Trinajstić information content (AvgIpc) is 2.75. The second-order valence-corrected chi connectivity index (χ2v) is 7.23. The maximum atomic E-state index is 12.7. The number of aryl methyl sites for hydroxylation is 2. The Morgan fingerprint density at radius 2 is 1.86 bits per heavy atom. The van der Waals surface area contributed by atoms with E-state index in [1.807, 2.05) is 12.1 Å². The second-order valence-electron chi connectivity index (χ2n) is 6.31. The molecule has 2 atom stereocenters. The number of ketones is 1. The molecular weight excluding hydrogens is 324 g/mol. The summed E-state index contributed by atoms with van der Waals surface area (Å²) in [5, 5.41) is 0. The first-order valence-corrected chi connectivity index (χ1v) is 8.30. The molecule has 0 heterocycles. The zero-order chi connectivity index (χ0) is 14.7. The zero-order valence-corrected chi connectivity index (χ0v) is 13.8. The van der Waals surface area contributed by atoms with Crippen LogP contribution in [0.1, 0.15) is 50.5 Å². The van der Waals surface area contributed by atoms with Gasteiger partial charge in [0.15, 0.2) is 5.78 Å². The molecule has 0 radical (unpaired) electrons. The van der Waals surface area contributed by atoms with Gasteiger partial charge in [-0.3, -0.25) is 4.79 Å². The maximum absolute atomic E-state index is 12.7. The van der Waals surface area contributed by atoms with Gasteiger partial charge in [-0.1, -0.05) is 28.1 Å². The molecule has 0 unspecified atom stereocenters. The number of carbonyl (C=O) groups excluding carboxylic acids is 1. The molecule has 0 saturated heterocycles. The van der Waals surface area contributed by atoms with Gasteiger partial charge in [0.25, 0.3) is 0 Å². The third kappa shape index (κ3) is 1.78. The molecule has 2 aromatic rings. The highest BCUT2D eigenvalue weighted by Crippen LogP contribution is 2.50. The lowest BCUT2D eigenvalue weighted by Crippen LogP contribution is -2.23. The van der Waals surface area contributed by atoms with E-state index in [0.29, 0.717) is 5.78 Å². The summed E-state index contributed by atoms with van der Waals surface area (Å²) >= 11 is 3.56. The minimum absolute atomic E-state index is 0.141. The summed E-state index contributed by atoms with van der Waals surface area (Å²) in [4.78, 5) is 12.7. The highest BCUT2D eigenvalue weighted by Gasteiger charge is 2.44. The van der Waals surface area contributed by atoms with Gasteiger partial charge in [0, 0.05) is 21.9 Å². The molecule has 0 spiro atoms. The Kier molecular flexibility index (Phi) is 2.87. The highest BCUT2D eigenvalue weighted by atomic mass is 79.9. The first kappa shape index (κ1) is 13.3. The Morgan fingerprint density at radius 1 is 1.10 bits per heavy atom. The summed E-state index contributed by atoms with van der Waals surface area (Å²) in [6, 6.07) is 10.5. The minimum atomic E-state index is 0.141. The van der Waals surface area contributed by atoms with E-state index in [1.165, 1.54) is 27.8 Å². The van der Waals surface area contributed by atoms with Crippen molar-refractivity contribution in [2.45, 2.75) is 32.6 Å². The number of Topliss-reactive ketones (excluding diaryl/α,β-unsaturated/α-hetero) is 1. The Morgan fingerprint density at radius 3 is 2.67 bits per heavy atom. The quantitative estimate of drug-likeness (QED) is 0.662. The van der Waals surface area contributed by atoms with E-state index in [2.05, 4.69) is 48.0 Å². The Hall–Kier alpha value is -1.41. The number of hydrogen-bond donors (Lipinski definition) is 0. The van der Waals surface area contributed by atoms with E-state index in [1.54, 1.807) is 0 Å². The van der Waals surface area contributed by atoms with E-state index < -0.39 is 0 Å². The lowest BCUT2D eigenvalue weighted by atomic mass is 9.72. The van der Waals surface area contributed by atoms with Crippen molar-refractivity contribution in [3.05, 3.63) is 68.2 Å². The Balaban J connectivity index is 2.01. The van der Waals surface area contributed by atoms with Crippen LogP contribution in [-0.4, -0.2) is 5.78 Å². The molecule has 4 rings (SSSR count). The van der Waals surface area contributed by atoms with Crippen LogP contribution in [0, 0.1) is 19.8 Å². The van der Waals surface area contributed by atoms with Crippen LogP contribution in [0.5, 0.6) is 0 Å². The van der Waals surface area contributed by atoms with Crippen LogP contribution in [0.2, 0.25) is 0 Å². The van der Waals surface area contributed by atoms with Gasteiger partial charge in [-0.05, 0) is 72.7 Å². The molecule has 1 nitrogen and oxygen atoms in total. The molecule has 21 heavy (non-hydrogen) atoms. The lowest BCUT2D eigenvalue weighted by Gasteiger charge is -2.31. The van der Waals surface area contributed by atoms with Crippen LogP contribution in [0.3, 0.4) is 0 Å². The van der Waals surface area contributed by atoms with Crippen LogP contribution in [-0.2, 0) is 6.42 Å². The number of carbonyl (C=O) groups is 1. The molecule has 2 heteroatoms. The van der Waals surface area contributed by atoms with Gasteiger partial charge in [0.1, 0.15) is 0 Å². The van der Waals surface area contributed by atoms with Crippen molar-refractivity contribution in [3.8, 4) is 0 Å². The number of hydrogen-bond acceptors (Lipinski definition) is 1. The zero-order valence-electron chi connectivity index (χ0n) is 12.2. The van der Waals surface area contributed by atoms with Crippen LogP contribution in [0.4, 0.5) is 0 Å². The van der Waals surface area contributed by atoms with Gasteiger partial charge in [-0.15, -0.1) is 0 Å². The number of fused-ring (bicyclic) bond motifs is 5. The maximum Gasteiger partial charge on any atom is 0.167 e. The molecule has 0 saturated carbocycles. The largest absolute Gasteiger partial charge is 0.294 e. The van der Waals surface area contributed by atoms with Crippen LogP contribution in [0.25, 0.3) is 0 Å². The summed E-state index contributed by atoms with van der Waals surface area (Å²) in [5.41, 5.74) is 7.72. The topological polar surface area (TPSA) is 17.1 Å². The molecule has 2 aliphatic rings. The second kappa shape index (κ2) is 4.54. The van der Waals surface area contributed by atoms with Crippen molar-refractivity contribution < 1.29 is 4.79 Å². The van der Waals surface area contributed by atoms with Gasteiger partial charge in [0.05, 0.1) is 0 Å². The highest BCUT2D eigenvalue weighted by molar-refractivity contribution is 9.10. The van der Waals surface area contributed by atoms with Crippen molar-refractivity contribution in [2.75, 3.05) is 0 Å². The van der Waals surface area contributed by atoms with E-state index >= 15 is 0 Å². The smallest absolute Gasteiger partial charge is 0.167 e. The third-order valence-electron chi connectivity index (χ3n) is 5.18. The van der Waals surface area contributed by atoms with Crippen LogP contribution < -0.4 is 0 Å². The number of rotatable bonds is 0. The standard InChI is InChI=1S/C19H17BrO/c1-10-3-4-11(2)17-13(10)7-8-15-18(17)16-9-12(20)5-6-14(16)19(15)21/h3-6,9,15,18H,7-8H2,1-2H3/t15-,18+/m0/s1. The van der Waals surface area contributed by atoms with Gasteiger partial charge >= 0.3 is 0 Å². The Bertz CT molecular complexity index is 775. The molecule has 2 aliphatic carbocycles. The monoisotopic (exact) mass is 340 g/mol. The van der Waals surface area contributed by atoms with Crippen LogP contribution >= 0.6 is 15.9 Å². The van der Waals surface area contributed by atoms with E-state index in [0.717, 1.165) is 22.9 Å². The van der Waals surface area contributed by atoms with Crippen LogP contribution in [0.15, 0.2) is 34.8 Å². The first-order valence-electron chi connectivity index (χ1n) is 7.50. The van der Waals surface area contributed by atoms with E-state index in [4.69, 9.17) is 0 Å². The fourth-order valence-electron chi connectivity index (χ4n) is 4.19. The van der Waals surface area contributed by atoms with E-state index in [9.17, 15) is 4.79 Å². The number of halogens is 1. The molecule has 0 aromatic heterocycles. The predicted octanol–water partition coefficient (Wildman–Crippen LogP) is 4.96. The average molecular weight is 341 g/mol. The summed E-state index contributed by atoms with van der Waals surface area (Å²) in [6.45, 7) is 4.37. The fraction of sp³-hybridized carbons (Fsp3) is 0.316. The molecule has 2 aromatic carbocycles. The first-order chi connectivity index (χ1) is 10.1. The molecule has 106 valence electrons. The van der Waals surface area contributed by atoms with Gasteiger partial charge < -0.3 is 0 Å². The van der Waals surface area contributed by atoms with E-state index in [-0.39, 0.29) is 11.8 Å². The van der Waals surface area contributed by atoms with Crippen molar-refractivity contribution in [2.24, 2.45) is 5.92 Å². The summed E-state index contributed by atoms with van der Waals surface area (Å²) in [5.74, 6) is 0.741. The van der Waals surface area contributed by atoms with Crippen molar-refractivity contribution in [1.29, 1.82) is 0 Å². The fourth-order valence-corrected chi connectivity index (χ4v) is 4.57. The lowest BCUT2D eigenvalue weighted by molar-refractivity contribution is 0.0919. The normalized spacial score (nSPS) is 22.7. The van der Waals surface area contributed by atoms with Crippen molar-refractivity contribution >= 4 is 21.7 Å². The molecule has 0 fully saturated rings. The predicted molar refractivity (Wildman–Crippen MR) is 88.0 cm³/mol.